The van der Waals surface area contributed by atoms with Crippen LogP contribution in [0.15, 0.2) is 38.3 Å². The number of nitrogens with one attached hydrogen (secondary N) is 1. The Labute approximate surface area is 93.9 Å². The van der Waals surface area contributed by atoms with Crippen molar-refractivity contribution in [2.24, 2.45) is 0 Å². The van der Waals surface area contributed by atoms with E-state index in [1.807, 2.05) is 27.7 Å². The van der Waals surface area contributed by atoms with Crippen LogP contribution in [0, 0.1) is 0 Å². The number of benzene rings is 1. The molecule has 1 N–H and O–H groups in total. The van der Waals surface area contributed by atoms with E-state index in [1.165, 1.54) is 0 Å². The van der Waals surface area contributed by atoms with Gasteiger partial charge in [-0.2, -0.15) is 0 Å². The normalized spacial score (nSPS) is 8.50. The minimum Gasteiger partial charge on any atom is -0.372 e. The molecule has 4 nitrogen and oxygen atoms in total. The Kier molecular flexibility index (Phi) is 6.59. The molecule has 0 amide bonds. The lowest BCUT2D eigenvalue weighted by Gasteiger charge is -1.91. The molecule has 16 heavy (non-hydrogen) atoms. The van der Waals surface area contributed by atoms with Crippen LogP contribution in [-0.2, 0) is 0 Å². The Bertz CT molecular complexity index is 525. The van der Waals surface area contributed by atoms with Gasteiger partial charge in [0.2, 0.25) is 0 Å². The molecule has 2 aromatic rings. The van der Waals surface area contributed by atoms with Gasteiger partial charge in [0.15, 0.2) is 0 Å². The minimum absolute atomic E-state index is 0.386. The highest BCUT2D eigenvalue weighted by atomic mass is 16.4. The van der Waals surface area contributed by atoms with Crippen molar-refractivity contribution >= 4 is 10.9 Å². The molecule has 0 saturated heterocycles. The van der Waals surface area contributed by atoms with Crippen molar-refractivity contribution in [2.45, 2.75) is 27.7 Å². The van der Waals surface area contributed by atoms with E-state index in [1.54, 1.807) is 24.3 Å². The van der Waals surface area contributed by atoms with Gasteiger partial charge in [-0.25, -0.2) is 9.59 Å². The number of fused-ring (bicyclic) bond motifs is 1. The van der Waals surface area contributed by atoms with E-state index in [2.05, 4.69) is 9.40 Å². The molecule has 0 bridgehead atoms. The van der Waals surface area contributed by atoms with E-state index in [0.717, 1.165) is 0 Å². The van der Waals surface area contributed by atoms with E-state index in [-0.39, 0.29) is 0 Å². The van der Waals surface area contributed by atoms with Gasteiger partial charge in [-0.1, -0.05) is 39.8 Å². The lowest BCUT2D eigenvalue weighted by atomic mass is 10.2. The molecule has 0 spiro atoms. The summed E-state index contributed by atoms with van der Waals surface area (Å²) in [4.78, 5) is 24.1. The highest BCUT2D eigenvalue weighted by molar-refractivity contribution is 5.76. The zero-order valence-corrected chi connectivity index (χ0v) is 10.0. The molecule has 1 heterocycles. The smallest absolute Gasteiger partial charge is 0.372 e. The SMILES string of the molecule is CC.CC.O=c1[nH]c2ccccc2c(=O)o1. The van der Waals surface area contributed by atoms with Gasteiger partial charge >= 0.3 is 11.4 Å². The van der Waals surface area contributed by atoms with Gasteiger partial charge in [0.05, 0.1) is 10.9 Å². The van der Waals surface area contributed by atoms with Crippen LogP contribution in [0.1, 0.15) is 27.7 Å². The van der Waals surface area contributed by atoms with Crippen LogP contribution in [-0.4, -0.2) is 4.98 Å². The van der Waals surface area contributed by atoms with Crippen LogP contribution >= 0.6 is 0 Å². The Morgan fingerprint density at radius 3 is 2.19 bits per heavy atom. The summed E-state index contributed by atoms with van der Waals surface area (Å²) in [6, 6.07) is 6.68. The van der Waals surface area contributed by atoms with E-state index >= 15 is 0 Å². The highest BCUT2D eigenvalue weighted by Gasteiger charge is 1.98. The number of hydrogen-bond acceptors (Lipinski definition) is 3. The maximum absolute atomic E-state index is 11.0. The fourth-order valence-electron chi connectivity index (χ4n) is 1.04. The first-order chi connectivity index (χ1) is 7.77. The number of aromatic amines is 1. The van der Waals surface area contributed by atoms with Gasteiger partial charge in [-0.3, -0.25) is 4.98 Å². The van der Waals surface area contributed by atoms with Gasteiger partial charge < -0.3 is 4.42 Å². The van der Waals surface area contributed by atoms with Crippen LogP contribution in [0.5, 0.6) is 0 Å². The average Bonchev–Trinajstić information content (AvgIpc) is 2.34. The average molecular weight is 223 g/mol. The fraction of sp³-hybridized carbons (Fsp3) is 0.333. The quantitative estimate of drug-likeness (QED) is 0.746. The summed E-state index contributed by atoms with van der Waals surface area (Å²) in [5.41, 5.74) is -0.104. The number of H-pyrrole nitrogens is 1. The summed E-state index contributed by atoms with van der Waals surface area (Å²) >= 11 is 0. The lowest BCUT2D eigenvalue weighted by molar-refractivity contribution is 0.460. The molecule has 0 unspecified atom stereocenters. The largest absolute Gasteiger partial charge is 0.419 e. The fourth-order valence-corrected chi connectivity index (χ4v) is 1.04. The Hall–Kier alpha value is -1.84. The molecular weight excluding hydrogens is 206 g/mol. The highest BCUT2D eigenvalue weighted by Crippen LogP contribution is 2.01. The number of hydrogen-bond donors (Lipinski definition) is 1. The van der Waals surface area contributed by atoms with Crippen molar-refractivity contribution in [3.8, 4) is 0 Å². The van der Waals surface area contributed by atoms with Crippen molar-refractivity contribution in [3.63, 3.8) is 0 Å². The zero-order chi connectivity index (χ0) is 12.6. The molecule has 0 aliphatic carbocycles. The molecule has 88 valence electrons. The third-order valence-corrected chi connectivity index (χ3v) is 1.57. The molecule has 0 fully saturated rings. The molecule has 1 aromatic carbocycles. The molecule has 0 aliphatic rings. The Morgan fingerprint density at radius 2 is 1.56 bits per heavy atom. The van der Waals surface area contributed by atoms with Gasteiger partial charge in [-0.15, -0.1) is 0 Å². The molecule has 0 saturated carbocycles. The molecule has 0 atom stereocenters. The molecule has 0 aliphatic heterocycles. The standard InChI is InChI=1S/C8H5NO3.2C2H6/c10-7-5-3-1-2-4-6(5)9-8(11)12-7;2*1-2/h1-4H,(H,9,11);2*1-2H3. The number of rotatable bonds is 0. The summed E-state index contributed by atoms with van der Waals surface area (Å²) < 4.78 is 4.32. The molecule has 1 aromatic heterocycles. The summed E-state index contributed by atoms with van der Waals surface area (Å²) in [6.45, 7) is 8.00. The van der Waals surface area contributed by atoms with Crippen LogP contribution in [0.3, 0.4) is 0 Å². The van der Waals surface area contributed by atoms with Crippen LogP contribution in [0.4, 0.5) is 0 Å². The van der Waals surface area contributed by atoms with E-state index in [9.17, 15) is 9.59 Å². The first kappa shape index (κ1) is 14.2. The Morgan fingerprint density at radius 1 is 1.00 bits per heavy atom. The number of para-hydroxylation sites is 1. The first-order valence-electron chi connectivity index (χ1n) is 5.39. The monoisotopic (exact) mass is 223 g/mol. The Balaban J connectivity index is 0.000000509. The molecule has 0 radical (unpaired) electrons. The third kappa shape index (κ3) is 3.38. The maximum Gasteiger partial charge on any atom is 0.419 e. The van der Waals surface area contributed by atoms with Crippen LogP contribution in [0.2, 0.25) is 0 Å². The summed E-state index contributed by atoms with van der Waals surface area (Å²) in [7, 11) is 0. The number of aromatic nitrogens is 1. The lowest BCUT2D eigenvalue weighted by Crippen LogP contribution is -2.13. The van der Waals surface area contributed by atoms with Crippen molar-refractivity contribution in [1.29, 1.82) is 0 Å². The van der Waals surface area contributed by atoms with E-state index in [4.69, 9.17) is 0 Å². The topological polar surface area (TPSA) is 63.1 Å². The van der Waals surface area contributed by atoms with Gasteiger partial charge in [0, 0.05) is 0 Å². The van der Waals surface area contributed by atoms with Crippen molar-refractivity contribution in [3.05, 3.63) is 45.2 Å². The summed E-state index contributed by atoms with van der Waals surface area (Å²) in [5, 5.41) is 0.386. The van der Waals surface area contributed by atoms with Gasteiger partial charge in [-0.05, 0) is 12.1 Å². The zero-order valence-electron chi connectivity index (χ0n) is 10.0. The third-order valence-electron chi connectivity index (χ3n) is 1.57. The second-order valence-corrected chi connectivity index (χ2v) is 2.35. The van der Waals surface area contributed by atoms with E-state index < -0.39 is 11.4 Å². The van der Waals surface area contributed by atoms with Crippen LogP contribution < -0.4 is 11.4 Å². The first-order valence-corrected chi connectivity index (χ1v) is 5.39. The van der Waals surface area contributed by atoms with Crippen LogP contribution in [0.25, 0.3) is 10.9 Å². The second kappa shape index (κ2) is 7.45. The van der Waals surface area contributed by atoms with Crippen molar-refractivity contribution in [2.75, 3.05) is 0 Å². The van der Waals surface area contributed by atoms with Crippen molar-refractivity contribution < 1.29 is 4.42 Å². The van der Waals surface area contributed by atoms with Gasteiger partial charge in [0.1, 0.15) is 0 Å². The minimum atomic E-state index is -0.723. The predicted octanol–water partition coefficient (Wildman–Crippen LogP) is 2.53. The second-order valence-electron chi connectivity index (χ2n) is 2.35. The molecular formula is C12H17NO3. The summed E-state index contributed by atoms with van der Waals surface area (Å²) in [6.07, 6.45) is 0. The van der Waals surface area contributed by atoms with Gasteiger partial charge in [0.25, 0.3) is 0 Å². The maximum atomic E-state index is 11.0. The summed E-state index contributed by atoms with van der Waals surface area (Å²) in [5.74, 6) is -0.723. The molecule has 4 heteroatoms. The van der Waals surface area contributed by atoms with E-state index in [0.29, 0.717) is 10.9 Å². The van der Waals surface area contributed by atoms with Crippen molar-refractivity contribution in [1.82, 2.24) is 4.98 Å². The predicted molar refractivity (Wildman–Crippen MR) is 65.8 cm³/mol. The molecule has 2 rings (SSSR count).